The lowest BCUT2D eigenvalue weighted by Crippen LogP contribution is -2.55. The molecular formula is C19H36IN5O2. The third-order valence-corrected chi connectivity index (χ3v) is 6.12. The molecule has 0 aromatic rings. The highest BCUT2D eigenvalue weighted by molar-refractivity contribution is 14.0. The Labute approximate surface area is 180 Å². The maximum atomic E-state index is 11.9. The SMILES string of the molecule is CCNC(=NCC(=O)NCCOC)N1CCN(C2CC3CCC2C3)CC1.I. The Morgan fingerprint density at radius 2 is 1.93 bits per heavy atom. The minimum absolute atomic E-state index is 0. The van der Waals surface area contributed by atoms with Gasteiger partial charge >= 0.3 is 0 Å². The van der Waals surface area contributed by atoms with Gasteiger partial charge in [0.2, 0.25) is 5.91 Å². The maximum Gasteiger partial charge on any atom is 0.241 e. The van der Waals surface area contributed by atoms with Crippen molar-refractivity contribution in [1.82, 2.24) is 20.4 Å². The number of hydrogen-bond donors (Lipinski definition) is 2. The second-order valence-electron chi connectivity index (χ2n) is 7.78. The number of ether oxygens (including phenoxy) is 1. The summed E-state index contributed by atoms with van der Waals surface area (Å²) in [5.74, 6) is 2.75. The van der Waals surface area contributed by atoms with Crippen LogP contribution in [0.4, 0.5) is 0 Å². The summed E-state index contributed by atoms with van der Waals surface area (Å²) in [6.45, 7) is 8.31. The number of nitrogens with one attached hydrogen (secondary N) is 2. The van der Waals surface area contributed by atoms with Crippen LogP contribution in [0.25, 0.3) is 0 Å². The molecule has 0 radical (unpaired) electrons. The normalized spacial score (nSPS) is 28.1. The molecule has 1 saturated heterocycles. The highest BCUT2D eigenvalue weighted by atomic mass is 127. The van der Waals surface area contributed by atoms with Gasteiger partial charge < -0.3 is 20.3 Å². The van der Waals surface area contributed by atoms with E-state index in [4.69, 9.17) is 4.74 Å². The van der Waals surface area contributed by atoms with Gasteiger partial charge in [0.1, 0.15) is 6.54 Å². The van der Waals surface area contributed by atoms with Gasteiger partial charge in [-0.1, -0.05) is 6.42 Å². The Balaban J connectivity index is 0.00000261. The Hall–Kier alpha value is -0.610. The summed E-state index contributed by atoms with van der Waals surface area (Å²) < 4.78 is 4.95. The predicted molar refractivity (Wildman–Crippen MR) is 119 cm³/mol. The summed E-state index contributed by atoms with van der Waals surface area (Å²) >= 11 is 0. The summed E-state index contributed by atoms with van der Waals surface area (Å²) in [7, 11) is 1.63. The fourth-order valence-corrected chi connectivity index (χ4v) is 4.84. The van der Waals surface area contributed by atoms with Crippen molar-refractivity contribution in [3.63, 3.8) is 0 Å². The van der Waals surface area contributed by atoms with Crippen molar-refractivity contribution in [1.29, 1.82) is 0 Å². The topological polar surface area (TPSA) is 69.2 Å². The van der Waals surface area contributed by atoms with Crippen LogP contribution < -0.4 is 10.6 Å². The molecule has 27 heavy (non-hydrogen) atoms. The molecule has 2 aliphatic carbocycles. The zero-order valence-electron chi connectivity index (χ0n) is 16.8. The fourth-order valence-electron chi connectivity index (χ4n) is 4.84. The Kier molecular flexibility index (Phi) is 9.58. The number of methoxy groups -OCH3 is 1. The number of halogens is 1. The van der Waals surface area contributed by atoms with E-state index in [1.54, 1.807) is 7.11 Å². The molecule has 2 N–H and O–H groups in total. The minimum Gasteiger partial charge on any atom is -0.383 e. The van der Waals surface area contributed by atoms with Gasteiger partial charge in [0.05, 0.1) is 6.61 Å². The molecule has 3 rings (SSSR count). The first-order valence-electron chi connectivity index (χ1n) is 10.2. The van der Waals surface area contributed by atoms with Crippen molar-refractivity contribution in [2.75, 3.05) is 59.5 Å². The first kappa shape index (κ1) is 22.7. The van der Waals surface area contributed by atoms with Crippen LogP contribution in [-0.4, -0.2) is 87.2 Å². The van der Waals surface area contributed by atoms with Crippen LogP contribution in [-0.2, 0) is 9.53 Å². The van der Waals surface area contributed by atoms with Crippen LogP contribution in [0.5, 0.6) is 0 Å². The summed E-state index contributed by atoms with van der Waals surface area (Å²) in [6, 6.07) is 0.821. The van der Waals surface area contributed by atoms with Gasteiger partial charge in [-0.25, -0.2) is 4.99 Å². The number of fused-ring (bicyclic) bond motifs is 2. The van der Waals surface area contributed by atoms with E-state index in [0.29, 0.717) is 13.2 Å². The molecule has 0 aromatic heterocycles. The monoisotopic (exact) mass is 493 g/mol. The summed E-state index contributed by atoms with van der Waals surface area (Å²) in [6.07, 6.45) is 5.79. The first-order valence-corrected chi connectivity index (χ1v) is 10.2. The van der Waals surface area contributed by atoms with E-state index in [1.807, 2.05) is 0 Å². The number of amides is 1. The molecule has 1 amide bonds. The lowest BCUT2D eigenvalue weighted by atomic mass is 9.93. The molecule has 7 nitrogen and oxygen atoms in total. The third-order valence-electron chi connectivity index (χ3n) is 6.12. The van der Waals surface area contributed by atoms with Crippen molar-refractivity contribution in [2.24, 2.45) is 16.8 Å². The zero-order chi connectivity index (χ0) is 18.4. The van der Waals surface area contributed by atoms with Crippen molar-refractivity contribution >= 4 is 35.8 Å². The van der Waals surface area contributed by atoms with Gasteiger partial charge in [-0.3, -0.25) is 9.69 Å². The number of nitrogens with zero attached hydrogens (tertiary/aromatic N) is 3. The summed E-state index contributed by atoms with van der Waals surface area (Å²) in [5, 5.41) is 6.16. The molecule has 1 aliphatic heterocycles. The molecule has 2 bridgehead atoms. The van der Waals surface area contributed by atoms with Crippen molar-refractivity contribution in [2.45, 2.75) is 38.6 Å². The number of carbonyl (C=O) groups is 1. The van der Waals surface area contributed by atoms with E-state index in [1.165, 1.54) is 25.7 Å². The summed E-state index contributed by atoms with van der Waals surface area (Å²) in [4.78, 5) is 21.4. The van der Waals surface area contributed by atoms with Crippen LogP contribution >= 0.6 is 24.0 Å². The lowest BCUT2D eigenvalue weighted by Gasteiger charge is -2.42. The van der Waals surface area contributed by atoms with E-state index in [0.717, 1.165) is 56.6 Å². The molecule has 3 unspecified atom stereocenters. The predicted octanol–water partition coefficient (Wildman–Crippen LogP) is 1.14. The highest BCUT2D eigenvalue weighted by Gasteiger charge is 2.42. The van der Waals surface area contributed by atoms with Crippen LogP contribution in [0.1, 0.15) is 32.6 Å². The molecule has 0 aromatic carbocycles. The van der Waals surface area contributed by atoms with Crippen molar-refractivity contribution < 1.29 is 9.53 Å². The highest BCUT2D eigenvalue weighted by Crippen LogP contribution is 2.46. The van der Waals surface area contributed by atoms with Gasteiger partial charge in [0.15, 0.2) is 5.96 Å². The van der Waals surface area contributed by atoms with E-state index in [9.17, 15) is 4.79 Å². The summed E-state index contributed by atoms with van der Waals surface area (Å²) in [5.41, 5.74) is 0. The quantitative estimate of drug-likeness (QED) is 0.241. The first-order chi connectivity index (χ1) is 12.7. The molecule has 0 spiro atoms. The minimum atomic E-state index is -0.0573. The average molecular weight is 493 g/mol. The van der Waals surface area contributed by atoms with Gasteiger partial charge in [-0.15, -0.1) is 24.0 Å². The largest absolute Gasteiger partial charge is 0.383 e. The molecule has 156 valence electrons. The van der Waals surface area contributed by atoms with Crippen LogP contribution in [0, 0.1) is 11.8 Å². The van der Waals surface area contributed by atoms with Crippen LogP contribution in [0.15, 0.2) is 4.99 Å². The molecule has 3 aliphatic rings. The number of hydrogen-bond acceptors (Lipinski definition) is 4. The molecule has 3 fully saturated rings. The molecule has 2 saturated carbocycles. The molecule has 1 heterocycles. The number of aliphatic imine (C=N–C) groups is 1. The van der Waals surface area contributed by atoms with Crippen LogP contribution in [0.3, 0.4) is 0 Å². The Morgan fingerprint density at radius 1 is 1.15 bits per heavy atom. The average Bonchev–Trinajstić information content (AvgIpc) is 3.29. The number of rotatable bonds is 7. The number of piperazine rings is 1. The second kappa shape index (κ2) is 11.4. The number of guanidine groups is 1. The van der Waals surface area contributed by atoms with E-state index >= 15 is 0 Å². The van der Waals surface area contributed by atoms with E-state index in [-0.39, 0.29) is 36.4 Å². The zero-order valence-corrected chi connectivity index (χ0v) is 19.1. The van der Waals surface area contributed by atoms with Gasteiger partial charge in [-0.2, -0.15) is 0 Å². The Bertz CT molecular complexity index is 496. The lowest BCUT2D eigenvalue weighted by molar-refractivity contribution is -0.119. The van der Waals surface area contributed by atoms with E-state index < -0.39 is 0 Å². The fraction of sp³-hybridized carbons (Fsp3) is 0.895. The van der Waals surface area contributed by atoms with Gasteiger partial charge in [0, 0.05) is 52.4 Å². The second-order valence-corrected chi connectivity index (χ2v) is 7.78. The Morgan fingerprint density at radius 3 is 2.52 bits per heavy atom. The third kappa shape index (κ3) is 6.19. The van der Waals surface area contributed by atoms with Crippen LogP contribution in [0.2, 0.25) is 0 Å². The number of carbonyl (C=O) groups excluding carboxylic acids is 1. The van der Waals surface area contributed by atoms with Gasteiger partial charge in [-0.05, 0) is 38.0 Å². The maximum absolute atomic E-state index is 11.9. The standard InChI is InChI=1S/C19H35N5O2.HI/c1-3-20-19(22-14-18(25)21-6-11-26-2)24-9-7-23(8-10-24)17-13-15-4-5-16(17)12-15;/h15-17H,3-14H2,1-2H3,(H,20,22)(H,21,25);1H. The molecule has 8 heteroatoms. The van der Waals surface area contributed by atoms with E-state index in [2.05, 4.69) is 32.3 Å². The molecular weight excluding hydrogens is 457 g/mol. The van der Waals surface area contributed by atoms with Crippen molar-refractivity contribution in [3.05, 3.63) is 0 Å². The smallest absolute Gasteiger partial charge is 0.241 e. The van der Waals surface area contributed by atoms with Crippen molar-refractivity contribution in [3.8, 4) is 0 Å². The van der Waals surface area contributed by atoms with Gasteiger partial charge in [0.25, 0.3) is 0 Å². The molecule has 3 atom stereocenters.